The fraction of sp³-hybridized carbons (Fsp3) is 0.381. The van der Waals surface area contributed by atoms with Crippen molar-refractivity contribution in [2.75, 3.05) is 30.1 Å². The summed E-state index contributed by atoms with van der Waals surface area (Å²) in [6.45, 7) is 3.69. The number of phenols is 1. The summed E-state index contributed by atoms with van der Waals surface area (Å²) in [5.74, 6) is -1.65. The number of hydrogen-bond donors (Lipinski definition) is 3. The largest absolute Gasteiger partial charge is 0.507 e. The van der Waals surface area contributed by atoms with Gasteiger partial charge >= 0.3 is 0 Å². The summed E-state index contributed by atoms with van der Waals surface area (Å²) in [6, 6.07) is 7.77. The summed E-state index contributed by atoms with van der Waals surface area (Å²) in [5.41, 5.74) is -0.798. The Morgan fingerprint density at radius 2 is 1.81 bits per heavy atom. The molecule has 0 saturated carbocycles. The van der Waals surface area contributed by atoms with Crippen LogP contribution in [-0.4, -0.2) is 74.7 Å². The van der Waals surface area contributed by atoms with Crippen molar-refractivity contribution in [1.29, 1.82) is 0 Å². The lowest BCUT2D eigenvalue weighted by atomic mass is 10.1. The molecule has 1 aliphatic heterocycles. The van der Waals surface area contributed by atoms with Crippen molar-refractivity contribution >= 4 is 37.3 Å². The van der Waals surface area contributed by atoms with Crippen molar-refractivity contribution in [2.24, 2.45) is 0 Å². The molecule has 1 amide bonds. The quantitative estimate of drug-likeness (QED) is 0.238. The molecule has 0 unspecified atom stereocenters. The number of morpholine rings is 1. The number of carbonyl (C=O) groups excluding carboxylic acids is 1. The Bertz CT molecular complexity index is 1350. The molecule has 3 rings (SSSR count). The molecule has 15 heteroatoms. The van der Waals surface area contributed by atoms with Crippen LogP contribution in [0.2, 0.25) is 0 Å². The minimum atomic E-state index is -4.25. The van der Waals surface area contributed by atoms with Gasteiger partial charge in [-0.25, -0.2) is 16.8 Å². The molecule has 1 aliphatic rings. The minimum Gasteiger partial charge on any atom is -0.507 e. The van der Waals surface area contributed by atoms with Crippen LogP contribution in [0.5, 0.6) is 5.75 Å². The summed E-state index contributed by atoms with van der Waals surface area (Å²) >= 11 is 0. The summed E-state index contributed by atoms with van der Waals surface area (Å²) in [7, 11) is -7.92. The normalized spacial score (nSPS) is 18.9. The smallest absolute Gasteiger partial charge is 0.270 e. The fourth-order valence-corrected chi connectivity index (χ4v) is 6.22. The second-order valence-corrected chi connectivity index (χ2v) is 12.0. The molecule has 1 fully saturated rings. The van der Waals surface area contributed by atoms with Crippen molar-refractivity contribution in [1.82, 2.24) is 9.62 Å². The molecule has 3 N–H and O–H groups in total. The Labute approximate surface area is 208 Å². The van der Waals surface area contributed by atoms with Gasteiger partial charge in [0.25, 0.3) is 21.6 Å². The Hall–Kier alpha value is -3.27. The predicted molar refractivity (Wildman–Crippen MR) is 130 cm³/mol. The third-order valence-corrected chi connectivity index (χ3v) is 8.44. The summed E-state index contributed by atoms with van der Waals surface area (Å²) in [5, 5.41) is 23.4. The predicted octanol–water partition coefficient (Wildman–Crippen LogP) is 1.27. The number of rotatable bonds is 9. The number of nitro groups is 1. The van der Waals surface area contributed by atoms with E-state index in [1.165, 1.54) is 22.5 Å². The zero-order valence-electron chi connectivity index (χ0n) is 19.4. The van der Waals surface area contributed by atoms with E-state index in [0.717, 1.165) is 24.3 Å². The van der Waals surface area contributed by atoms with Gasteiger partial charge in [0.15, 0.2) is 0 Å². The molecule has 13 nitrogen and oxygen atoms in total. The summed E-state index contributed by atoms with van der Waals surface area (Å²) in [6.07, 6.45) is -0.521. The lowest BCUT2D eigenvalue weighted by Gasteiger charge is -2.34. The van der Waals surface area contributed by atoms with Crippen LogP contribution < -0.4 is 10.0 Å². The van der Waals surface area contributed by atoms with Gasteiger partial charge in [-0.1, -0.05) is 6.07 Å². The van der Waals surface area contributed by atoms with E-state index in [0.29, 0.717) is 0 Å². The van der Waals surface area contributed by atoms with E-state index in [9.17, 15) is 36.9 Å². The molecule has 36 heavy (non-hydrogen) atoms. The number of aromatic hydroxyl groups is 1. The van der Waals surface area contributed by atoms with E-state index in [1.807, 2.05) is 0 Å². The molecule has 2 atom stereocenters. The summed E-state index contributed by atoms with van der Waals surface area (Å²) < 4.78 is 59.6. The first kappa shape index (κ1) is 27.3. The number of ether oxygens (including phenoxy) is 1. The van der Waals surface area contributed by atoms with Gasteiger partial charge < -0.3 is 15.2 Å². The van der Waals surface area contributed by atoms with Crippen molar-refractivity contribution in [2.45, 2.75) is 31.0 Å². The zero-order valence-corrected chi connectivity index (χ0v) is 21.1. The van der Waals surface area contributed by atoms with E-state index in [1.54, 1.807) is 13.8 Å². The van der Waals surface area contributed by atoms with E-state index < -0.39 is 42.3 Å². The zero-order chi connectivity index (χ0) is 26.7. The maximum atomic E-state index is 12.6. The Morgan fingerprint density at radius 1 is 1.14 bits per heavy atom. The summed E-state index contributed by atoms with van der Waals surface area (Å²) in [4.78, 5) is 22.4. The van der Waals surface area contributed by atoms with Crippen LogP contribution in [0.3, 0.4) is 0 Å². The Kier molecular flexibility index (Phi) is 8.18. The van der Waals surface area contributed by atoms with Crippen molar-refractivity contribution in [3.8, 4) is 5.75 Å². The molecular weight excluding hydrogens is 516 g/mol. The van der Waals surface area contributed by atoms with Crippen LogP contribution in [0.4, 0.5) is 11.4 Å². The van der Waals surface area contributed by atoms with Crippen LogP contribution >= 0.6 is 0 Å². The highest BCUT2D eigenvalue weighted by molar-refractivity contribution is 7.92. The van der Waals surface area contributed by atoms with E-state index in [4.69, 9.17) is 4.74 Å². The van der Waals surface area contributed by atoms with Gasteiger partial charge in [-0.15, -0.1) is 0 Å². The van der Waals surface area contributed by atoms with Gasteiger partial charge in [0.1, 0.15) is 5.75 Å². The third kappa shape index (κ3) is 6.69. The van der Waals surface area contributed by atoms with Crippen LogP contribution in [0.1, 0.15) is 24.2 Å². The van der Waals surface area contributed by atoms with E-state index in [-0.39, 0.29) is 53.7 Å². The van der Waals surface area contributed by atoms with Gasteiger partial charge in [-0.3, -0.25) is 19.6 Å². The number of non-ortho nitro benzene ring substituents is 1. The third-order valence-electron chi connectivity index (χ3n) is 5.26. The number of anilines is 1. The molecule has 0 bridgehead atoms. The highest BCUT2D eigenvalue weighted by Crippen LogP contribution is 2.25. The highest BCUT2D eigenvalue weighted by atomic mass is 32.2. The van der Waals surface area contributed by atoms with E-state index in [2.05, 4.69) is 10.0 Å². The number of amides is 1. The lowest BCUT2D eigenvalue weighted by molar-refractivity contribution is -0.385. The average molecular weight is 543 g/mol. The molecule has 0 spiro atoms. The first-order chi connectivity index (χ1) is 16.8. The fourth-order valence-electron chi connectivity index (χ4n) is 3.64. The second kappa shape index (κ2) is 10.8. The van der Waals surface area contributed by atoms with Crippen molar-refractivity contribution in [3.63, 3.8) is 0 Å². The number of sulfonamides is 2. The van der Waals surface area contributed by atoms with Gasteiger partial charge in [-0.2, -0.15) is 4.31 Å². The molecule has 0 aromatic heterocycles. The Balaban J connectivity index is 1.68. The van der Waals surface area contributed by atoms with Crippen LogP contribution in [-0.2, 0) is 24.8 Å². The number of nitrogens with one attached hydrogen (secondary N) is 2. The lowest BCUT2D eigenvalue weighted by Crippen LogP contribution is -2.49. The number of hydrogen-bond acceptors (Lipinski definition) is 9. The van der Waals surface area contributed by atoms with Crippen LogP contribution in [0.25, 0.3) is 0 Å². The molecule has 1 heterocycles. The van der Waals surface area contributed by atoms with Gasteiger partial charge in [0.2, 0.25) is 10.0 Å². The monoisotopic (exact) mass is 542 g/mol. The Morgan fingerprint density at radius 3 is 2.44 bits per heavy atom. The minimum absolute atomic E-state index is 0.0895. The average Bonchev–Trinajstić information content (AvgIpc) is 2.79. The SMILES string of the molecule is C[C@@H]1CN(S(=O)(=O)CCNC(=O)c2cc(NS(=O)(=O)c3cccc([N+](=O)[O-])c3)ccc2O)C[C@@H](C)O1. The molecule has 196 valence electrons. The van der Waals surface area contributed by atoms with E-state index >= 15 is 0 Å². The number of phenolic OH excluding ortho intramolecular Hbond substituents is 1. The number of benzene rings is 2. The first-order valence-corrected chi connectivity index (χ1v) is 13.9. The van der Waals surface area contributed by atoms with Crippen molar-refractivity contribution < 1.29 is 36.4 Å². The molecule has 0 radical (unpaired) electrons. The van der Waals surface area contributed by atoms with Gasteiger partial charge in [0.05, 0.1) is 33.3 Å². The van der Waals surface area contributed by atoms with Gasteiger partial charge in [0, 0.05) is 37.5 Å². The standard InChI is InChI=1S/C21H26N4O9S2/c1-14-12-24(13-15(2)34-14)35(30,31)9-8-22-21(27)19-10-16(6-7-20(19)26)23-36(32,33)18-5-3-4-17(11-18)25(28)29/h3-7,10-11,14-15,23,26H,8-9,12-13H2,1-2H3,(H,22,27)/t14-,15-/m1/s1. The maximum absolute atomic E-state index is 12.6. The van der Waals surface area contributed by atoms with Crippen LogP contribution in [0.15, 0.2) is 47.4 Å². The molecule has 2 aromatic carbocycles. The molecular formula is C21H26N4O9S2. The topological polar surface area (TPSA) is 185 Å². The van der Waals surface area contributed by atoms with Crippen molar-refractivity contribution in [3.05, 3.63) is 58.1 Å². The van der Waals surface area contributed by atoms with Gasteiger partial charge in [-0.05, 0) is 38.1 Å². The first-order valence-electron chi connectivity index (χ1n) is 10.8. The number of carbonyl (C=O) groups is 1. The molecule has 0 aliphatic carbocycles. The van der Waals surface area contributed by atoms with Crippen LogP contribution in [0, 0.1) is 10.1 Å². The number of nitrogens with zero attached hydrogens (tertiary/aromatic N) is 2. The number of nitro benzene ring substituents is 1. The molecule has 1 saturated heterocycles. The molecule has 2 aromatic rings. The maximum Gasteiger partial charge on any atom is 0.270 e. The second-order valence-electron chi connectivity index (χ2n) is 8.24. The highest BCUT2D eigenvalue weighted by Gasteiger charge is 2.30.